The van der Waals surface area contributed by atoms with Crippen molar-refractivity contribution in [2.45, 2.75) is 6.54 Å². The van der Waals surface area contributed by atoms with Crippen LogP contribution in [0.5, 0.6) is 0 Å². The minimum Gasteiger partial charge on any atom is -0.343 e. The van der Waals surface area contributed by atoms with E-state index < -0.39 is 11.8 Å². The van der Waals surface area contributed by atoms with Crippen LogP contribution in [0.15, 0.2) is 67.0 Å². The second-order valence-electron chi connectivity index (χ2n) is 5.34. The maximum Gasteiger partial charge on any atom is 0.313 e. The van der Waals surface area contributed by atoms with Gasteiger partial charge in [-0.2, -0.15) is 0 Å². The lowest BCUT2D eigenvalue weighted by Gasteiger charge is -2.05. The SMILES string of the molecule is O=C(NCc1ccc(C(=O)c2ccccc2)s1)C(=O)Nc1cccnc1. The van der Waals surface area contributed by atoms with E-state index in [2.05, 4.69) is 15.6 Å². The van der Waals surface area contributed by atoms with Gasteiger partial charge in [-0.1, -0.05) is 30.3 Å². The molecule has 0 atom stereocenters. The van der Waals surface area contributed by atoms with Gasteiger partial charge in [-0.15, -0.1) is 11.3 Å². The summed E-state index contributed by atoms with van der Waals surface area (Å²) in [5, 5.41) is 5.00. The minimum absolute atomic E-state index is 0.0671. The lowest BCUT2D eigenvalue weighted by Crippen LogP contribution is -2.34. The number of benzene rings is 1. The summed E-state index contributed by atoms with van der Waals surface area (Å²) in [5.41, 5.74) is 1.06. The maximum absolute atomic E-state index is 12.4. The van der Waals surface area contributed by atoms with Crippen molar-refractivity contribution in [3.63, 3.8) is 0 Å². The fourth-order valence-electron chi connectivity index (χ4n) is 2.20. The highest BCUT2D eigenvalue weighted by Crippen LogP contribution is 2.20. The van der Waals surface area contributed by atoms with Crippen LogP contribution >= 0.6 is 11.3 Å². The predicted molar refractivity (Wildman–Crippen MR) is 98.9 cm³/mol. The second kappa shape index (κ2) is 8.17. The van der Waals surface area contributed by atoms with Gasteiger partial charge < -0.3 is 10.6 Å². The van der Waals surface area contributed by atoms with Crippen molar-refractivity contribution >= 4 is 34.6 Å². The summed E-state index contributed by atoms with van der Waals surface area (Å²) in [6.07, 6.45) is 3.02. The second-order valence-corrected chi connectivity index (χ2v) is 6.51. The summed E-state index contributed by atoms with van der Waals surface area (Å²) in [4.78, 5) is 41.3. The average molecular weight is 365 g/mol. The molecule has 0 fully saturated rings. The van der Waals surface area contributed by atoms with Gasteiger partial charge in [0.25, 0.3) is 0 Å². The summed E-state index contributed by atoms with van der Waals surface area (Å²) in [6, 6.07) is 15.8. The number of nitrogens with one attached hydrogen (secondary N) is 2. The van der Waals surface area contributed by atoms with E-state index in [1.165, 1.54) is 17.5 Å². The van der Waals surface area contributed by atoms with Crippen LogP contribution in [0.3, 0.4) is 0 Å². The molecule has 2 aromatic heterocycles. The van der Waals surface area contributed by atoms with Crippen LogP contribution < -0.4 is 10.6 Å². The van der Waals surface area contributed by atoms with Crippen LogP contribution in [0.1, 0.15) is 20.1 Å². The van der Waals surface area contributed by atoms with E-state index in [4.69, 9.17) is 0 Å². The molecule has 0 bridgehead atoms. The molecular weight excluding hydrogens is 350 g/mol. The van der Waals surface area contributed by atoms with Crippen molar-refractivity contribution in [1.29, 1.82) is 0 Å². The first-order valence-corrected chi connectivity index (χ1v) is 8.63. The molecule has 0 spiro atoms. The van der Waals surface area contributed by atoms with Crippen LogP contribution in [0.2, 0.25) is 0 Å². The molecule has 7 heteroatoms. The van der Waals surface area contributed by atoms with Gasteiger partial charge in [0, 0.05) is 16.6 Å². The molecule has 1 aromatic carbocycles. The average Bonchev–Trinajstić information content (AvgIpc) is 3.16. The summed E-state index contributed by atoms with van der Waals surface area (Å²) < 4.78 is 0. The molecule has 130 valence electrons. The number of aromatic nitrogens is 1. The number of carbonyl (C=O) groups excluding carboxylic acids is 3. The maximum atomic E-state index is 12.4. The zero-order chi connectivity index (χ0) is 18.4. The first kappa shape index (κ1) is 17.5. The van der Waals surface area contributed by atoms with Crippen molar-refractivity contribution in [3.8, 4) is 0 Å². The minimum atomic E-state index is -0.768. The largest absolute Gasteiger partial charge is 0.343 e. The molecule has 3 aromatic rings. The molecule has 6 nitrogen and oxygen atoms in total. The Labute approximate surface area is 153 Å². The van der Waals surface area contributed by atoms with Crippen LogP contribution in [-0.2, 0) is 16.1 Å². The Morgan fingerprint density at radius 3 is 2.46 bits per heavy atom. The van der Waals surface area contributed by atoms with Crippen molar-refractivity contribution in [2.24, 2.45) is 0 Å². The number of hydrogen-bond donors (Lipinski definition) is 2. The molecule has 0 radical (unpaired) electrons. The van der Waals surface area contributed by atoms with Crippen LogP contribution in [0.4, 0.5) is 5.69 Å². The topological polar surface area (TPSA) is 88.2 Å². The number of carbonyl (C=O) groups is 3. The molecule has 3 rings (SSSR count). The van der Waals surface area contributed by atoms with Gasteiger partial charge in [0.2, 0.25) is 5.78 Å². The number of rotatable bonds is 5. The zero-order valence-corrected chi connectivity index (χ0v) is 14.5. The number of thiophene rings is 1. The number of pyridine rings is 1. The Bertz CT molecular complexity index is 923. The molecule has 2 heterocycles. The third-order valence-corrected chi connectivity index (χ3v) is 4.55. The van der Waals surface area contributed by atoms with Gasteiger partial charge >= 0.3 is 11.8 Å². The number of anilines is 1. The van der Waals surface area contributed by atoms with Crippen LogP contribution in [0, 0.1) is 0 Å². The highest BCUT2D eigenvalue weighted by molar-refractivity contribution is 7.14. The monoisotopic (exact) mass is 365 g/mol. The molecule has 0 aliphatic rings. The number of nitrogens with zero attached hydrogens (tertiary/aromatic N) is 1. The van der Waals surface area contributed by atoms with Crippen molar-refractivity contribution in [3.05, 3.63) is 82.3 Å². The molecule has 0 aliphatic heterocycles. The van der Waals surface area contributed by atoms with Gasteiger partial charge in [-0.3, -0.25) is 19.4 Å². The molecule has 0 saturated heterocycles. The predicted octanol–water partition coefficient (Wildman–Crippen LogP) is 2.63. The fourth-order valence-corrected chi connectivity index (χ4v) is 3.11. The van der Waals surface area contributed by atoms with E-state index in [-0.39, 0.29) is 12.3 Å². The summed E-state index contributed by atoms with van der Waals surface area (Å²) >= 11 is 1.29. The summed E-state index contributed by atoms with van der Waals surface area (Å²) in [7, 11) is 0. The molecule has 26 heavy (non-hydrogen) atoms. The van der Waals surface area contributed by atoms with E-state index in [0.29, 0.717) is 16.1 Å². The quantitative estimate of drug-likeness (QED) is 0.537. The summed E-state index contributed by atoms with van der Waals surface area (Å²) in [6.45, 7) is 0.173. The van der Waals surface area contributed by atoms with E-state index >= 15 is 0 Å². The Morgan fingerprint density at radius 2 is 1.73 bits per heavy atom. The molecule has 0 aliphatic carbocycles. The van der Waals surface area contributed by atoms with Crippen molar-refractivity contribution in [2.75, 3.05) is 5.32 Å². The van der Waals surface area contributed by atoms with E-state index in [1.54, 1.807) is 42.6 Å². The van der Waals surface area contributed by atoms with Crippen LogP contribution in [-0.4, -0.2) is 22.6 Å². The molecule has 0 unspecified atom stereocenters. The first-order valence-electron chi connectivity index (χ1n) is 7.81. The standard InChI is InChI=1S/C19H15N3O3S/c23-17(13-5-2-1-3-6-13)16-9-8-15(26-16)12-21-18(24)19(25)22-14-7-4-10-20-11-14/h1-11H,12H2,(H,21,24)(H,22,25). The van der Waals surface area contributed by atoms with Crippen molar-refractivity contribution < 1.29 is 14.4 Å². The molecule has 2 amide bonds. The molecule has 0 saturated carbocycles. The van der Waals surface area contributed by atoms with Crippen molar-refractivity contribution in [1.82, 2.24) is 10.3 Å². The Kier molecular flexibility index (Phi) is 5.50. The number of ketones is 1. The van der Waals surface area contributed by atoms with Gasteiger partial charge in [0.05, 0.1) is 23.3 Å². The molecule has 2 N–H and O–H groups in total. The van der Waals surface area contributed by atoms with Gasteiger partial charge in [0.15, 0.2) is 0 Å². The Hall–Kier alpha value is -3.32. The zero-order valence-electron chi connectivity index (χ0n) is 13.6. The van der Waals surface area contributed by atoms with Gasteiger partial charge in [-0.25, -0.2) is 0 Å². The highest BCUT2D eigenvalue weighted by Gasteiger charge is 2.15. The fraction of sp³-hybridized carbons (Fsp3) is 0.0526. The summed E-state index contributed by atoms with van der Waals surface area (Å²) in [5.74, 6) is -1.59. The molecular formula is C19H15N3O3S. The third kappa shape index (κ3) is 4.40. The highest BCUT2D eigenvalue weighted by atomic mass is 32.1. The Morgan fingerprint density at radius 1 is 0.923 bits per heavy atom. The smallest absolute Gasteiger partial charge is 0.313 e. The first-order chi connectivity index (χ1) is 12.6. The lowest BCUT2D eigenvalue weighted by molar-refractivity contribution is -0.136. The van der Waals surface area contributed by atoms with Gasteiger partial charge in [-0.05, 0) is 24.3 Å². The van der Waals surface area contributed by atoms with Gasteiger partial charge in [0.1, 0.15) is 0 Å². The van der Waals surface area contributed by atoms with E-state index in [0.717, 1.165) is 4.88 Å². The number of amides is 2. The van der Waals surface area contributed by atoms with E-state index in [9.17, 15) is 14.4 Å². The van der Waals surface area contributed by atoms with Crippen LogP contribution in [0.25, 0.3) is 0 Å². The lowest BCUT2D eigenvalue weighted by atomic mass is 10.1. The normalized spacial score (nSPS) is 10.2. The third-order valence-electron chi connectivity index (χ3n) is 3.47. The Balaban J connectivity index is 1.55. The van der Waals surface area contributed by atoms with E-state index in [1.807, 2.05) is 18.2 Å². The number of hydrogen-bond acceptors (Lipinski definition) is 5.